The number of epoxide rings is 1. The molecule has 0 saturated carbocycles. The lowest BCUT2D eigenvalue weighted by molar-refractivity contribution is 0.0296. The van der Waals surface area contributed by atoms with Crippen LogP contribution in [0.25, 0.3) is 0 Å². The summed E-state index contributed by atoms with van der Waals surface area (Å²) in [4.78, 5) is 0. The Morgan fingerprint density at radius 2 is 2.22 bits per heavy atom. The van der Waals surface area contributed by atoms with Gasteiger partial charge in [0.15, 0.2) is 0 Å². The van der Waals surface area contributed by atoms with Gasteiger partial charge in [0.2, 0.25) is 0 Å². The van der Waals surface area contributed by atoms with Gasteiger partial charge in [0.05, 0.1) is 6.61 Å². The van der Waals surface area contributed by atoms with Crippen LogP contribution in [0.5, 0.6) is 0 Å². The smallest absolute Gasteiger partial charge is 0.112 e. The average molecular weight is 130 g/mol. The first kappa shape index (κ1) is 6.74. The van der Waals surface area contributed by atoms with E-state index in [1.807, 2.05) is 0 Å². The van der Waals surface area contributed by atoms with Gasteiger partial charge in [0.1, 0.15) is 18.3 Å². The maximum Gasteiger partial charge on any atom is 0.112 e. The lowest BCUT2D eigenvalue weighted by Gasteiger charge is -2.09. The number of hydrogen-bond donors (Lipinski definition) is 2. The second-order valence-corrected chi connectivity index (χ2v) is 2.09. The summed E-state index contributed by atoms with van der Waals surface area (Å²) in [5.41, 5.74) is 0. The quantitative estimate of drug-likeness (QED) is 0.392. The maximum atomic E-state index is 9.01. The fraction of sp³-hybridized carbons (Fsp3) is 0.667. The third-order valence-corrected chi connectivity index (χ3v) is 1.33. The molecule has 3 heteroatoms. The van der Waals surface area contributed by atoms with E-state index in [4.69, 9.17) is 14.9 Å². The monoisotopic (exact) mass is 130 g/mol. The average Bonchev–Trinajstić information content (AvgIpc) is 2.66. The Balaban J connectivity index is 2.30. The van der Waals surface area contributed by atoms with Crippen LogP contribution in [0.4, 0.5) is 0 Å². The molecule has 0 aromatic rings. The minimum Gasteiger partial charge on any atom is -0.387 e. The van der Waals surface area contributed by atoms with Crippen molar-refractivity contribution in [3.63, 3.8) is 0 Å². The molecule has 0 aromatic heterocycles. The topological polar surface area (TPSA) is 53.0 Å². The van der Waals surface area contributed by atoms with Crippen molar-refractivity contribution in [2.24, 2.45) is 0 Å². The molecule has 1 fully saturated rings. The molecular weight excluding hydrogens is 120 g/mol. The highest BCUT2D eigenvalue weighted by molar-refractivity contribution is 4.92. The highest BCUT2D eigenvalue weighted by Crippen LogP contribution is 2.16. The molecule has 0 bridgehead atoms. The zero-order chi connectivity index (χ0) is 6.85. The van der Waals surface area contributed by atoms with Gasteiger partial charge in [0, 0.05) is 0 Å². The Kier molecular flexibility index (Phi) is 1.85. The predicted octanol–water partition coefficient (Wildman–Crippen LogP) is -0.707. The van der Waals surface area contributed by atoms with Crippen molar-refractivity contribution in [1.82, 2.24) is 0 Å². The second-order valence-electron chi connectivity index (χ2n) is 2.09. The molecule has 0 spiro atoms. The summed E-state index contributed by atoms with van der Waals surface area (Å²) in [5.74, 6) is 0. The molecule has 0 aliphatic carbocycles. The summed E-state index contributed by atoms with van der Waals surface area (Å²) in [7, 11) is 0. The molecular formula is C6H10O3. The van der Waals surface area contributed by atoms with E-state index in [2.05, 4.69) is 6.58 Å². The minimum absolute atomic E-state index is 0.169. The number of rotatable bonds is 3. The van der Waals surface area contributed by atoms with Gasteiger partial charge in [-0.25, -0.2) is 0 Å². The van der Waals surface area contributed by atoms with Crippen LogP contribution in [0.1, 0.15) is 0 Å². The van der Waals surface area contributed by atoms with Gasteiger partial charge < -0.3 is 14.9 Å². The molecule has 1 heterocycles. The van der Waals surface area contributed by atoms with Crippen LogP contribution in [0.3, 0.4) is 0 Å². The molecule has 9 heavy (non-hydrogen) atoms. The van der Waals surface area contributed by atoms with E-state index < -0.39 is 12.2 Å². The number of ether oxygens (including phenoxy) is 1. The van der Waals surface area contributed by atoms with Gasteiger partial charge in [-0.3, -0.25) is 0 Å². The van der Waals surface area contributed by atoms with E-state index in [0.29, 0.717) is 6.61 Å². The molecule has 1 aliphatic heterocycles. The largest absolute Gasteiger partial charge is 0.387 e. The highest BCUT2D eigenvalue weighted by atomic mass is 16.6. The fourth-order valence-electron chi connectivity index (χ4n) is 0.612. The van der Waals surface area contributed by atoms with E-state index in [9.17, 15) is 0 Å². The van der Waals surface area contributed by atoms with Crippen molar-refractivity contribution < 1.29 is 14.9 Å². The molecule has 0 radical (unpaired) electrons. The first-order chi connectivity index (χ1) is 4.25. The molecule has 1 saturated heterocycles. The van der Waals surface area contributed by atoms with Crippen LogP contribution < -0.4 is 0 Å². The van der Waals surface area contributed by atoms with Gasteiger partial charge in [-0.1, -0.05) is 6.08 Å². The molecule has 52 valence electrons. The number of aliphatic hydroxyl groups is 2. The molecule has 3 nitrogen and oxygen atoms in total. The predicted molar refractivity (Wildman–Crippen MR) is 32.0 cm³/mol. The summed E-state index contributed by atoms with van der Waals surface area (Å²) < 4.78 is 4.74. The third kappa shape index (κ3) is 1.51. The van der Waals surface area contributed by atoms with Gasteiger partial charge in [-0.2, -0.15) is 0 Å². The zero-order valence-electron chi connectivity index (χ0n) is 5.03. The Labute approximate surface area is 53.6 Å². The first-order valence-corrected chi connectivity index (χ1v) is 2.86. The van der Waals surface area contributed by atoms with E-state index in [-0.39, 0.29) is 6.10 Å². The number of aliphatic hydroxyl groups excluding tert-OH is 2. The van der Waals surface area contributed by atoms with Crippen molar-refractivity contribution in [3.05, 3.63) is 12.7 Å². The van der Waals surface area contributed by atoms with Crippen LogP contribution in [0.15, 0.2) is 12.7 Å². The van der Waals surface area contributed by atoms with Crippen LogP contribution in [-0.2, 0) is 4.74 Å². The summed E-state index contributed by atoms with van der Waals surface area (Å²) in [6.07, 6.45) is -0.509. The molecule has 0 aromatic carbocycles. The Morgan fingerprint density at radius 3 is 2.56 bits per heavy atom. The van der Waals surface area contributed by atoms with Gasteiger partial charge >= 0.3 is 0 Å². The third-order valence-electron chi connectivity index (χ3n) is 1.33. The van der Waals surface area contributed by atoms with E-state index in [1.54, 1.807) is 0 Å². The Hall–Kier alpha value is -0.380. The van der Waals surface area contributed by atoms with Crippen LogP contribution in [-0.4, -0.2) is 35.1 Å². The van der Waals surface area contributed by atoms with Crippen molar-refractivity contribution in [2.75, 3.05) is 6.61 Å². The SMILES string of the molecule is C=C[C@@H](O)[C@H](O)[C@@H]1CO1. The van der Waals surface area contributed by atoms with Crippen molar-refractivity contribution in [2.45, 2.75) is 18.3 Å². The van der Waals surface area contributed by atoms with Crippen molar-refractivity contribution in [1.29, 1.82) is 0 Å². The van der Waals surface area contributed by atoms with Crippen LogP contribution in [0.2, 0.25) is 0 Å². The van der Waals surface area contributed by atoms with E-state index in [0.717, 1.165) is 0 Å². The second kappa shape index (κ2) is 2.47. The highest BCUT2D eigenvalue weighted by Gasteiger charge is 2.34. The minimum atomic E-state index is -0.850. The fourth-order valence-corrected chi connectivity index (χ4v) is 0.612. The van der Waals surface area contributed by atoms with Gasteiger partial charge in [-0.05, 0) is 0 Å². The molecule has 0 unspecified atom stereocenters. The van der Waals surface area contributed by atoms with E-state index in [1.165, 1.54) is 6.08 Å². The summed E-state index contributed by atoms with van der Waals surface area (Å²) >= 11 is 0. The van der Waals surface area contributed by atoms with Crippen LogP contribution in [0, 0.1) is 0 Å². The molecule has 3 atom stereocenters. The number of hydrogen-bond acceptors (Lipinski definition) is 3. The summed E-state index contributed by atoms with van der Waals surface area (Å²) in [6, 6.07) is 0. The lowest BCUT2D eigenvalue weighted by atomic mass is 10.1. The molecule has 1 rings (SSSR count). The van der Waals surface area contributed by atoms with Crippen LogP contribution >= 0.6 is 0 Å². The van der Waals surface area contributed by atoms with Gasteiger partial charge in [-0.15, -0.1) is 6.58 Å². The van der Waals surface area contributed by atoms with Crippen molar-refractivity contribution >= 4 is 0 Å². The maximum absolute atomic E-state index is 9.01. The van der Waals surface area contributed by atoms with Crippen molar-refractivity contribution in [3.8, 4) is 0 Å². The lowest BCUT2D eigenvalue weighted by Crippen LogP contribution is -2.28. The molecule has 2 N–H and O–H groups in total. The van der Waals surface area contributed by atoms with E-state index >= 15 is 0 Å². The zero-order valence-corrected chi connectivity index (χ0v) is 5.03. The summed E-state index contributed by atoms with van der Waals surface area (Å²) in [5, 5.41) is 17.9. The Bertz CT molecular complexity index is 109. The normalized spacial score (nSPS) is 31.1. The standard InChI is InChI=1S/C6H10O3/c1-2-4(7)6(8)5-3-9-5/h2,4-8H,1,3H2/t4-,5+,6+/m1/s1. The summed E-state index contributed by atoms with van der Waals surface area (Å²) in [6.45, 7) is 3.87. The molecule has 0 amide bonds. The molecule has 1 aliphatic rings. The Morgan fingerprint density at radius 1 is 1.67 bits per heavy atom. The van der Waals surface area contributed by atoms with Gasteiger partial charge in [0.25, 0.3) is 0 Å². The first-order valence-electron chi connectivity index (χ1n) is 2.86.